The number of amides is 1. The molecular formula is C16H23N3O5. The van der Waals surface area contributed by atoms with Crippen LogP contribution in [-0.4, -0.2) is 49.1 Å². The lowest BCUT2D eigenvalue weighted by molar-refractivity contribution is -0.146. The third-order valence-corrected chi connectivity index (χ3v) is 3.10. The van der Waals surface area contributed by atoms with E-state index in [1.165, 1.54) is 12.3 Å². The summed E-state index contributed by atoms with van der Waals surface area (Å²) in [4.78, 5) is 39.6. The quantitative estimate of drug-likeness (QED) is 0.650. The zero-order valence-electron chi connectivity index (χ0n) is 14.1. The lowest BCUT2D eigenvalue weighted by Crippen LogP contribution is -2.42. The molecule has 1 rings (SSSR count). The molecule has 0 aliphatic rings. The van der Waals surface area contributed by atoms with Gasteiger partial charge in [0.2, 0.25) is 0 Å². The number of esters is 2. The summed E-state index contributed by atoms with van der Waals surface area (Å²) in [6, 6.07) is 2.29. The molecule has 0 unspecified atom stereocenters. The summed E-state index contributed by atoms with van der Waals surface area (Å²) in [5.41, 5.74) is 0.926. The van der Waals surface area contributed by atoms with Gasteiger partial charge in [-0.05, 0) is 32.4 Å². The van der Waals surface area contributed by atoms with Gasteiger partial charge in [0, 0.05) is 13.5 Å². The maximum absolute atomic E-state index is 12.2. The zero-order chi connectivity index (χ0) is 17.9. The Hall–Kier alpha value is -2.64. The molecule has 1 aromatic rings. The molecule has 1 atom stereocenters. The van der Waals surface area contributed by atoms with Gasteiger partial charge in [-0.2, -0.15) is 0 Å². The molecule has 0 saturated heterocycles. The van der Waals surface area contributed by atoms with Crippen LogP contribution < -0.4 is 10.6 Å². The highest BCUT2D eigenvalue weighted by atomic mass is 16.5. The molecule has 2 N–H and O–H groups in total. The van der Waals surface area contributed by atoms with Crippen molar-refractivity contribution in [3.63, 3.8) is 0 Å². The van der Waals surface area contributed by atoms with Crippen LogP contribution in [0.25, 0.3) is 0 Å². The van der Waals surface area contributed by atoms with E-state index in [4.69, 9.17) is 9.47 Å². The van der Waals surface area contributed by atoms with E-state index in [1.54, 1.807) is 27.0 Å². The summed E-state index contributed by atoms with van der Waals surface area (Å²) < 4.78 is 9.76. The summed E-state index contributed by atoms with van der Waals surface area (Å²) in [6.45, 7) is 3.81. The molecule has 0 radical (unpaired) electrons. The monoisotopic (exact) mass is 337 g/mol. The molecule has 0 aliphatic heterocycles. The van der Waals surface area contributed by atoms with E-state index in [1.807, 2.05) is 0 Å². The first-order valence-electron chi connectivity index (χ1n) is 7.78. The fourth-order valence-corrected chi connectivity index (χ4v) is 1.90. The minimum absolute atomic E-state index is 0.00369. The average molecular weight is 337 g/mol. The second-order valence-corrected chi connectivity index (χ2v) is 4.80. The first-order valence-corrected chi connectivity index (χ1v) is 7.78. The third-order valence-electron chi connectivity index (χ3n) is 3.10. The molecule has 0 aliphatic carbocycles. The van der Waals surface area contributed by atoms with Crippen LogP contribution >= 0.6 is 0 Å². The number of nitrogens with zero attached hydrogens (tertiary/aromatic N) is 1. The van der Waals surface area contributed by atoms with Crippen LogP contribution in [0, 0.1) is 0 Å². The van der Waals surface area contributed by atoms with E-state index in [9.17, 15) is 14.4 Å². The number of nitrogens with one attached hydrogen (secondary N) is 2. The standard InChI is InChI=1S/C16H23N3O5/c1-4-23-14(20)9-8-13(16(22)24-5-2)19-15(21)12-7-6-11(17-3)10-18-12/h6-7,10,13,17H,4-5,8-9H2,1-3H3,(H,19,21)/t13-/m0/s1. The van der Waals surface area contributed by atoms with E-state index in [-0.39, 0.29) is 31.7 Å². The lowest BCUT2D eigenvalue weighted by atomic mass is 10.1. The van der Waals surface area contributed by atoms with Crippen LogP contribution in [0.15, 0.2) is 18.3 Å². The number of carbonyl (C=O) groups excluding carboxylic acids is 3. The van der Waals surface area contributed by atoms with Gasteiger partial charge in [-0.3, -0.25) is 9.59 Å². The number of pyridine rings is 1. The highest BCUT2D eigenvalue weighted by Gasteiger charge is 2.24. The molecule has 24 heavy (non-hydrogen) atoms. The second-order valence-electron chi connectivity index (χ2n) is 4.80. The van der Waals surface area contributed by atoms with Gasteiger partial charge in [0.25, 0.3) is 5.91 Å². The van der Waals surface area contributed by atoms with Gasteiger partial charge in [0.1, 0.15) is 11.7 Å². The van der Waals surface area contributed by atoms with Crippen LogP contribution in [-0.2, 0) is 19.1 Å². The predicted molar refractivity (Wildman–Crippen MR) is 87.5 cm³/mol. The van der Waals surface area contributed by atoms with Crippen molar-refractivity contribution < 1.29 is 23.9 Å². The Labute approximate surface area is 140 Å². The van der Waals surface area contributed by atoms with Crippen molar-refractivity contribution in [1.82, 2.24) is 10.3 Å². The summed E-state index contributed by atoms with van der Waals surface area (Å²) in [6.07, 6.45) is 1.61. The van der Waals surface area contributed by atoms with Crippen molar-refractivity contribution in [3.05, 3.63) is 24.0 Å². The lowest BCUT2D eigenvalue weighted by Gasteiger charge is -2.16. The molecular weight excluding hydrogens is 314 g/mol. The minimum Gasteiger partial charge on any atom is -0.466 e. The minimum atomic E-state index is -0.937. The predicted octanol–water partition coefficient (Wildman–Crippen LogP) is 1.13. The second kappa shape index (κ2) is 10.2. The van der Waals surface area contributed by atoms with Gasteiger partial charge in [0.05, 0.1) is 25.1 Å². The van der Waals surface area contributed by atoms with Gasteiger partial charge in [-0.1, -0.05) is 0 Å². The number of ether oxygens (including phenoxy) is 2. The number of carbonyl (C=O) groups is 3. The fourth-order valence-electron chi connectivity index (χ4n) is 1.90. The Kier molecular flexibility index (Phi) is 8.24. The number of hydrogen-bond donors (Lipinski definition) is 2. The van der Waals surface area contributed by atoms with Gasteiger partial charge in [-0.15, -0.1) is 0 Å². The molecule has 1 amide bonds. The van der Waals surface area contributed by atoms with E-state index in [0.717, 1.165) is 5.69 Å². The average Bonchev–Trinajstić information content (AvgIpc) is 2.58. The number of aromatic nitrogens is 1. The highest BCUT2D eigenvalue weighted by Crippen LogP contribution is 2.07. The Bertz CT molecular complexity index is 559. The molecule has 0 spiro atoms. The molecule has 0 aromatic carbocycles. The Morgan fingerprint density at radius 1 is 1.17 bits per heavy atom. The van der Waals surface area contributed by atoms with Crippen molar-refractivity contribution in [3.8, 4) is 0 Å². The zero-order valence-corrected chi connectivity index (χ0v) is 14.1. The molecule has 0 fully saturated rings. The van der Waals surface area contributed by atoms with E-state index >= 15 is 0 Å². The van der Waals surface area contributed by atoms with Crippen molar-refractivity contribution >= 4 is 23.5 Å². The molecule has 1 heterocycles. The van der Waals surface area contributed by atoms with Crippen LogP contribution in [0.4, 0.5) is 5.69 Å². The molecule has 132 valence electrons. The Balaban J connectivity index is 2.72. The SMILES string of the molecule is CCOC(=O)CC[C@H](NC(=O)c1ccc(NC)cn1)C(=O)OCC. The molecule has 0 bridgehead atoms. The molecule has 8 heteroatoms. The summed E-state index contributed by atoms with van der Waals surface area (Å²) in [7, 11) is 1.74. The molecule has 1 aromatic heterocycles. The fraction of sp³-hybridized carbons (Fsp3) is 0.500. The topological polar surface area (TPSA) is 107 Å². The largest absolute Gasteiger partial charge is 0.466 e. The summed E-state index contributed by atoms with van der Waals surface area (Å²) in [5.74, 6) is -1.54. The van der Waals surface area contributed by atoms with E-state index < -0.39 is 23.9 Å². The van der Waals surface area contributed by atoms with Gasteiger partial charge >= 0.3 is 11.9 Å². The smallest absolute Gasteiger partial charge is 0.328 e. The van der Waals surface area contributed by atoms with Crippen LogP contribution in [0.5, 0.6) is 0 Å². The van der Waals surface area contributed by atoms with Crippen molar-refractivity contribution in [2.75, 3.05) is 25.6 Å². The van der Waals surface area contributed by atoms with E-state index in [2.05, 4.69) is 15.6 Å². The number of rotatable bonds is 9. The van der Waals surface area contributed by atoms with Crippen molar-refractivity contribution in [1.29, 1.82) is 0 Å². The Morgan fingerprint density at radius 2 is 1.88 bits per heavy atom. The molecule has 0 saturated carbocycles. The third kappa shape index (κ3) is 6.23. The number of anilines is 1. The van der Waals surface area contributed by atoms with Crippen LogP contribution in [0.3, 0.4) is 0 Å². The van der Waals surface area contributed by atoms with Crippen molar-refractivity contribution in [2.45, 2.75) is 32.7 Å². The van der Waals surface area contributed by atoms with Crippen LogP contribution in [0.2, 0.25) is 0 Å². The van der Waals surface area contributed by atoms with E-state index in [0.29, 0.717) is 0 Å². The van der Waals surface area contributed by atoms with Gasteiger partial charge in [-0.25, -0.2) is 9.78 Å². The first kappa shape index (κ1) is 19.4. The van der Waals surface area contributed by atoms with Crippen molar-refractivity contribution in [2.24, 2.45) is 0 Å². The number of hydrogen-bond acceptors (Lipinski definition) is 7. The summed E-state index contributed by atoms with van der Waals surface area (Å²) >= 11 is 0. The Morgan fingerprint density at radius 3 is 2.42 bits per heavy atom. The highest BCUT2D eigenvalue weighted by molar-refractivity contribution is 5.95. The maximum Gasteiger partial charge on any atom is 0.328 e. The maximum atomic E-state index is 12.2. The van der Waals surface area contributed by atoms with Crippen LogP contribution in [0.1, 0.15) is 37.2 Å². The molecule has 8 nitrogen and oxygen atoms in total. The summed E-state index contributed by atoms with van der Waals surface area (Å²) in [5, 5.41) is 5.44. The first-order chi connectivity index (χ1) is 11.5. The van der Waals surface area contributed by atoms with Gasteiger partial charge in [0.15, 0.2) is 0 Å². The normalized spacial score (nSPS) is 11.3. The van der Waals surface area contributed by atoms with Gasteiger partial charge < -0.3 is 20.1 Å².